The first kappa shape index (κ1) is 23.0. The number of methoxy groups -OCH3 is 1. The van der Waals surface area contributed by atoms with E-state index in [1.807, 2.05) is 18.2 Å². The number of Topliss-reactive ketones (excluding diaryl/α,β-unsaturated/α-hetero) is 1. The molecule has 32 heavy (non-hydrogen) atoms. The SMILES string of the molecule is CN=C(C(=O)C(N)=C(C)NNC(=O)C1C=CC(C(=O)OC)=CC1)c1ccc2c(c1)CCC2. The van der Waals surface area contributed by atoms with Crippen LogP contribution in [0.2, 0.25) is 0 Å². The van der Waals surface area contributed by atoms with Gasteiger partial charge in [0.25, 0.3) is 0 Å². The van der Waals surface area contributed by atoms with Gasteiger partial charge < -0.3 is 15.9 Å². The first-order valence-electron chi connectivity index (χ1n) is 10.5. The normalized spacial score (nSPS) is 18.3. The number of benzene rings is 1. The fourth-order valence-electron chi connectivity index (χ4n) is 3.78. The van der Waals surface area contributed by atoms with E-state index < -0.39 is 17.7 Å². The van der Waals surface area contributed by atoms with E-state index in [4.69, 9.17) is 5.73 Å². The number of amides is 1. The Morgan fingerprint density at radius 3 is 2.56 bits per heavy atom. The van der Waals surface area contributed by atoms with Gasteiger partial charge in [-0.3, -0.25) is 20.0 Å². The van der Waals surface area contributed by atoms with Gasteiger partial charge in [0.1, 0.15) is 11.4 Å². The molecule has 168 valence electrons. The van der Waals surface area contributed by atoms with Crippen molar-refractivity contribution in [3.05, 3.63) is 70.1 Å². The molecule has 1 aromatic rings. The van der Waals surface area contributed by atoms with Crippen molar-refractivity contribution in [3.63, 3.8) is 0 Å². The number of hydrogen-bond acceptors (Lipinski definition) is 7. The second-order valence-electron chi connectivity index (χ2n) is 7.74. The quantitative estimate of drug-likeness (QED) is 0.259. The Labute approximate surface area is 187 Å². The zero-order valence-electron chi connectivity index (χ0n) is 18.5. The smallest absolute Gasteiger partial charge is 0.337 e. The number of hydrogen-bond donors (Lipinski definition) is 3. The number of hydrazine groups is 1. The van der Waals surface area contributed by atoms with Crippen LogP contribution in [-0.4, -0.2) is 37.5 Å². The number of nitrogens with zero attached hydrogens (tertiary/aromatic N) is 1. The summed E-state index contributed by atoms with van der Waals surface area (Å²) >= 11 is 0. The Morgan fingerprint density at radius 2 is 1.91 bits per heavy atom. The van der Waals surface area contributed by atoms with Gasteiger partial charge in [-0.2, -0.15) is 0 Å². The van der Waals surface area contributed by atoms with Gasteiger partial charge in [-0.1, -0.05) is 30.4 Å². The molecule has 0 aliphatic heterocycles. The second kappa shape index (κ2) is 10.1. The standard InChI is InChI=1S/C24H28N4O4/c1-14(27-28-23(30)16-8-10-17(11-9-16)24(31)32-3)20(25)22(29)21(26-2)19-12-7-15-5-4-6-18(15)13-19/h7-8,10-13,16,27H,4-6,9,25H2,1-3H3,(H,28,30). The predicted molar refractivity (Wildman–Crippen MR) is 121 cm³/mol. The van der Waals surface area contributed by atoms with Crippen LogP contribution < -0.4 is 16.6 Å². The lowest BCUT2D eigenvalue weighted by Gasteiger charge is -2.17. The van der Waals surface area contributed by atoms with Crippen molar-refractivity contribution in [3.8, 4) is 0 Å². The van der Waals surface area contributed by atoms with E-state index in [0.29, 0.717) is 17.7 Å². The minimum Gasteiger partial charge on any atom is -0.465 e. The highest BCUT2D eigenvalue weighted by molar-refractivity contribution is 6.51. The van der Waals surface area contributed by atoms with Gasteiger partial charge in [-0.15, -0.1) is 0 Å². The van der Waals surface area contributed by atoms with Crippen molar-refractivity contribution in [2.75, 3.05) is 14.2 Å². The molecular formula is C24H28N4O4. The molecule has 2 aliphatic carbocycles. The number of fused-ring (bicyclic) bond motifs is 1. The van der Waals surface area contributed by atoms with Crippen LogP contribution in [0.3, 0.4) is 0 Å². The van der Waals surface area contributed by atoms with Gasteiger partial charge in [-0.05, 0) is 49.8 Å². The van der Waals surface area contributed by atoms with Crippen LogP contribution in [0.25, 0.3) is 0 Å². The third-order valence-corrected chi connectivity index (χ3v) is 5.69. The first-order chi connectivity index (χ1) is 15.3. The van der Waals surface area contributed by atoms with Crippen LogP contribution in [0, 0.1) is 5.92 Å². The maximum atomic E-state index is 13.0. The Balaban J connectivity index is 1.63. The molecule has 0 saturated carbocycles. The number of esters is 1. The molecule has 0 fully saturated rings. The maximum absolute atomic E-state index is 13.0. The molecule has 1 unspecified atom stereocenters. The van der Waals surface area contributed by atoms with Crippen molar-refractivity contribution in [1.29, 1.82) is 0 Å². The lowest BCUT2D eigenvalue weighted by Crippen LogP contribution is -2.41. The zero-order chi connectivity index (χ0) is 23.3. The topological polar surface area (TPSA) is 123 Å². The van der Waals surface area contributed by atoms with E-state index in [1.165, 1.54) is 18.2 Å². The fraction of sp³-hybridized carbons (Fsp3) is 0.333. The fourth-order valence-corrected chi connectivity index (χ4v) is 3.78. The molecule has 0 radical (unpaired) electrons. The molecule has 0 spiro atoms. The van der Waals surface area contributed by atoms with Gasteiger partial charge in [0, 0.05) is 12.6 Å². The third-order valence-electron chi connectivity index (χ3n) is 5.69. The summed E-state index contributed by atoms with van der Waals surface area (Å²) in [6.07, 6.45) is 8.37. The molecule has 2 aliphatic rings. The van der Waals surface area contributed by atoms with Crippen LogP contribution in [0.5, 0.6) is 0 Å². The van der Waals surface area contributed by atoms with E-state index in [-0.39, 0.29) is 17.3 Å². The Kier molecular flexibility index (Phi) is 7.25. The number of ether oxygens (including phenoxy) is 1. The lowest BCUT2D eigenvalue weighted by molar-refractivity contribution is -0.135. The third kappa shape index (κ3) is 4.96. The van der Waals surface area contributed by atoms with Gasteiger partial charge in [0.2, 0.25) is 11.7 Å². The number of ketones is 1. The van der Waals surface area contributed by atoms with Gasteiger partial charge >= 0.3 is 5.97 Å². The molecule has 3 rings (SSSR count). The largest absolute Gasteiger partial charge is 0.465 e. The van der Waals surface area contributed by atoms with E-state index >= 15 is 0 Å². The summed E-state index contributed by atoms with van der Waals surface area (Å²) in [5, 5.41) is 0. The van der Waals surface area contributed by atoms with Crippen LogP contribution in [-0.2, 0) is 32.0 Å². The average Bonchev–Trinajstić information content (AvgIpc) is 3.29. The van der Waals surface area contributed by atoms with E-state index in [9.17, 15) is 14.4 Å². The zero-order valence-corrected chi connectivity index (χ0v) is 18.5. The van der Waals surface area contributed by atoms with Crippen LogP contribution in [0.4, 0.5) is 0 Å². The van der Waals surface area contributed by atoms with Crippen LogP contribution in [0.15, 0.2) is 58.4 Å². The number of nitrogens with two attached hydrogens (primary N) is 1. The van der Waals surface area contributed by atoms with E-state index in [1.54, 1.807) is 32.2 Å². The molecule has 0 bridgehead atoms. The predicted octanol–water partition coefficient (Wildman–Crippen LogP) is 1.65. The summed E-state index contributed by atoms with van der Waals surface area (Å²) in [7, 11) is 2.86. The molecule has 0 aromatic heterocycles. The summed E-state index contributed by atoms with van der Waals surface area (Å²) in [5.74, 6) is -1.63. The molecular weight excluding hydrogens is 408 g/mol. The number of carbonyl (C=O) groups excluding carboxylic acids is 3. The van der Waals surface area contributed by atoms with Gasteiger partial charge in [0.05, 0.1) is 24.3 Å². The Hall–Kier alpha value is -3.68. The number of nitrogens with one attached hydrogen (secondary N) is 2. The lowest BCUT2D eigenvalue weighted by atomic mass is 9.96. The highest BCUT2D eigenvalue weighted by atomic mass is 16.5. The highest BCUT2D eigenvalue weighted by Crippen LogP contribution is 2.23. The van der Waals surface area contributed by atoms with E-state index in [0.717, 1.165) is 24.8 Å². The molecule has 1 aromatic carbocycles. The van der Waals surface area contributed by atoms with Gasteiger partial charge in [0.15, 0.2) is 0 Å². The summed E-state index contributed by atoms with van der Waals surface area (Å²) in [6, 6.07) is 5.94. The molecule has 0 saturated heterocycles. The summed E-state index contributed by atoms with van der Waals surface area (Å²) in [4.78, 5) is 41.1. The first-order valence-corrected chi connectivity index (χ1v) is 10.5. The van der Waals surface area contributed by atoms with Crippen LogP contribution in [0.1, 0.15) is 36.5 Å². The monoisotopic (exact) mass is 436 g/mol. The van der Waals surface area contributed by atoms with Crippen molar-refractivity contribution >= 4 is 23.4 Å². The van der Waals surface area contributed by atoms with E-state index in [2.05, 4.69) is 20.6 Å². The molecule has 1 amide bonds. The summed E-state index contributed by atoms with van der Waals surface area (Å²) in [5.41, 5.74) is 15.6. The molecule has 1 atom stereocenters. The Bertz CT molecular complexity index is 1070. The van der Waals surface area contributed by atoms with Crippen molar-refractivity contribution in [2.45, 2.75) is 32.6 Å². The Morgan fingerprint density at radius 1 is 1.16 bits per heavy atom. The molecule has 8 nitrogen and oxygen atoms in total. The average molecular weight is 437 g/mol. The molecule has 0 heterocycles. The highest BCUT2D eigenvalue weighted by Gasteiger charge is 2.22. The molecule has 8 heteroatoms. The summed E-state index contributed by atoms with van der Waals surface area (Å²) < 4.78 is 4.66. The molecule has 4 N–H and O–H groups in total. The second-order valence-corrected chi connectivity index (χ2v) is 7.74. The number of carbonyl (C=O) groups is 3. The maximum Gasteiger partial charge on any atom is 0.337 e. The minimum absolute atomic E-state index is 0.0292. The van der Waals surface area contributed by atoms with Crippen molar-refractivity contribution in [1.82, 2.24) is 10.9 Å². The van der Waals surface area contributed by atoms with Gasteiger partial charge in [-0.25, -0.2) is 4.79 Å². The number of aliphatic imine (C=N–C) groups is 1. The van der Waals surface area contributed by atoms with Crippen LogP contribution >= 0.6 is 0 Å². The number of allylic oxidation sites excluding steroid dienone is 3. The number of rotatable bonds is 7. The summed E-state index contributed by atoms with van der Waals surface area (Å²) in [6.45, 7) is 1.61. The van der Waals surface area contributed by atoms with Crippen molar-refractivity contribution in [2.24, 2.45) is 16.6 Å². The minimum atomic E-state index is -0.459. The van der Waals surface area contributed by atoms with Crippen molar-refractivity contribution < 1.29 is 19.1 Å². The number of aryl methyl sites for hydroxylation is 2.